The molecule has 0 N–H and O–H groups in total. The second kappa shape index (κ2) is 12.1. The molecule has 1 aromatic rings. The summed E-state index contributed by atoms with van der Waals surface area (Å²) in [6.45, 7) is 0.669. The molecule has 0 aliphatic heterocycles. The maximum atomic E-state index is 8.58. The van der Waals surface area contributed by atoms with Gasteiger partial charge in [0.25, 0.3) is 0 Å². The summed E-state index contributed by atoms with van der Waals surface area (Å²) in [6, 6.07) is -2.36. The van der Waals surface area contributed by atoms with Gasteiger partial charge in [0, 0.05) is 5.56 Å². The number of halogens is 1. The summed E-state index contributed by atoms with van der Waals surface area (Å²) in [7, 11) is 3.45. The lowest BCUT2D eigenvalue weighted by Crippen LogP contribution is -3.00. The lowest BCUT2D eigenvalue weighted by atomic mass is 10.1. The number of unbranched alkanes of at least 4 members (excludes halogenated alkanes) is 7. The van der Waals surface area contributed by atoms with Gasteiger partial charge in [0.2, 0.25) is 0 Å². The van der Waals surface area contributed by atoms with Gasteiger partial charge in [-0.15, -0.1) is 0 Å². The van der Waals surface area contributed by atoms with E-state index < -0.39 is 36.7 Å². The number of quaternary nitrogens is 1. The first kappa shape index (κ1) is 11.1. The van der Waals surface area contributed by atoms with E-state index in [-0.39, 0.29) is 22.5 Å². The highest BCUT2D eigenvalue weighted by atomic mass is 35.5. The maximum absolute atomic E-state index is 8.58. The van der Waals surface area contributed by atoms with E-state index in [4.69, 9.17) is 9.60 Å². The monoisotopic (exact) mass is 318 g/mol. The number of nitrogens with zero attached hydrogens (tertiary/aromatic N) is 1. The summed E-state index contributed by atoms with van der Waals surface area (Å²) >= 11 is 0. The molecule has 2 heteroatoms. The van der Waals surface area contributed by atoms with Crippen molar-refractivity contribution in [3.63, 3.8) is 0 Å². The summed E-state index contributed by atoms with van der Waals surface area (Å²) in [5, 5.41) is 0. The minimum absolute atomic E-state index is 0. The number of rotatable bonds is 11. The summed E-state index contributed by atoms with van der Waals surface area (Å²) in [6.07, 6.45) is 9.22. The minimum atomic E-state index is -2.07. The minimum Gasteiger partial charge on any atom is -1.00 e. The summed E-state index contributed by atoms with van der Waals surface area (Å²) < 4.78 is 56.5. The Kier molecular flexibility index (Phi) is 6.36. The van der Waals surface area contributed by atoms with Crippen LogP contribution in [0.3, 0.4) is 0 Å². The second-order valence-corrected chi connectivity index (χ2v) is 6.00. The summed E-state index contributed by atoms with van der Waals surface area (Å²) in [5.41, 5.74) is -0.252. The first-order chi connectivity index (χ1) is 12.5. The predicted molar refractivity (Wildman–Crippen MR) is 89.7 cm³/mol. The van der Waals surface area contributed by atoms with E-state index in [1.54, 1.807) is 14.1 Å². The highest BCUT2D eigenvalue weighted by molar-refractivity contribution is 5.13. The second-order valence-electron chi connectivity index (χ2n) is 6.00. The Morgan fingerprint density at radius 3 is 2.00 bits per heavy atom. The smallest absolute Gasteiger partial charge is 0.104 e. The quantitative estimate of drug-likeness (QED) is 0.434. The van der Waals surface area contributed by atoms with Crippen LogP contribution in [0.25, 0.3) is 0 Å². The zero-order valence-corrected chi connectivity index (χ0v) is 14.4. The molecule has 0 amide bonds. The van der Waals surface area contributed by atoms with Crippen molar-refractivity contribution in [2.24, 2.45) is 0 Å². The van der Waals surface area contributed by atoms with Crippen LogP contribution >= 0.6 is 0 Å². The topological polar surface area (TPSA) is 0 Å². The van der Waals surface area contributed by atoms with E-state index in [2.05, 4.69) is 6.92 Å². The van der Waals surface area contributed by atoms with Crippen LogP contribution in [0.1, 0.15) is 73.4 Å². The van der Waals surface area contributed by atoms with Gasteiger partial charge in [0.05, 0.1) is 30.2 Å². The van der Waals surface area contributed by atoms with Crippen LogP contribution in [0.4, 0.5) is 0 Å². The fourth-order valence-corrected chi connectivity index (χ4v) is 2.31. The Hall–Kier alpha value is -0.530. The molecule has 0 saturated heterocycles. The molecule has 0 aliphatic carbocycles. The number of hydrogen-bond donors (Lipinski definition) is 0. The Labute approximate surface area is 148 Å². The molecule has 0 heterocycles. The Morgan fingerprint density at radius 2 is 1.43 bits per heavy atom. The van der Waals surface area contributed by atoms with Gasteiger partial charge in [-0.05, 0) is 12.8 Å². The Morgan fingerprint density at radius 1 is 0.905 bits per heavy atom. The van der Waals surface area contributed by atoms with E-state index >= 15 is 0 Å². The van der Waals surface area contributed by atoms with E-state index in [9.17, 15) is 0 Å². The summed E-state index contributed by atoms with van der Waals surface area (Å²) in [5.74, 6) is 0. The molecule has 21 heavy (non-hydrogen) atoms. The van der Waals surface area contributed by atoms with Gasteiger partial charge in [-0.1, -0.05) is 75.7 Å². The van der Waals surface area contributed by atoms with Gasteiger partial charge < -0.3 is 16.9 Å². The molecule has 1 rings (SSSR count). The molecule has 0 atom stereocenters. The molecule has 0 spiro atoms. The van der Waals surface area contributed by atoms with Gasteiger partial charge in [-0.3, -0.25) is 0 Å². The number of benzene rings is 1. The molecule has 122 valence electrons. The molecule has 0 unspecified atom stereocenters. The fraction of sp³-hybridized carbons (Fsp3) is 0.684. The average Bonchev–Trinajstić information content (AvgIpc) is 2.60. The third kappa shape index (κ3) is 10.8. The molecule has 0 saturated carbocycles. The van der Waals surface area contributed by atoms with Crippen LogP contribution in [0.2, 0.25) is 0 Å². The molecule has 0 fully saturated rings. The summed E-state index contributed by atoms with van der Waals surface area (Å²) in [4.78, 5) is 0. The molecule has 1 nitrogen and oxygen atoms in total. The van der Waals surface area contributed by atoms with E-state index in [1.165, 1.54) is 32.1 Å². The molecule has 0 bridgehead atoms. The van der Waals surface area contributed by atoms with Crippen LogP contribution in [0, 0.1) is 0 Å². The molecular weight excluding hydrogens is 278 g/mol. The van der Waals surface area contributed by atoms with Gasteiger partial charge >= 0.3 is 0 Å². The van der Waals surface area contributed by atoms with Crippen LogP contribution in [0.15, 0.2) is 30.2 Å². The van der Waals surface area contributed by atoms with E-state index in [0.717, 1.165) is 19.3 Å². The SMILES string of the molecule is [2H]c1c([2H])c([2H])c(C([2H])([2H])[N+](C)(C)CCCCCCCCCC)c([2H])c1[2H].[Cl-]. The number of hydrogen-bond acceptors (Lipinski definition) is 0. The lowest BCUT2D eigenvalue weighted by molar-refractivity contribution is -0.903. The van der Waals surface area contributed by atoms with Crippen molar-refractivity contribution in [1.82, 2.24) is 0 Å². The predicted octanol–water partition coefficient (Wildman–Crippen LogP) is 2.41. The normalized spacial score (nSPS) is 16.6. The van der Waals surface area contributed by atoms with Gasteiger partial charge in [0.15, 0.2) is 0 Å². The standard InChI is InChI=1S/C19H34N.ClH/c1-4-5-6-7-8-9-10-14-17-20(2,3)18-19-15-12-11-13-16-19;/h11-13,15-16H,4-10,14,17-18H2,1-3H3;1H/q+1;/p-1/i11D,12D,13D,15D,16D,18D2;. The van der Waals surface area contributed by atoms with Crippen molar-refractivity contribution in [1.29, 1.82) is 0 Å². The Bertz CT molecular complexity index is 606. The highest BCUT2D eigenvalue weighted by Crippen LogP contribution is 2.13. The van der Waals surface area contributed by atoms with E-state index in [1.807, 2.05) is 0 Å². The third-order valence-electron chi connectivity index (χ3n) is 3.49. The maximum Gasteiger partial charge on any atom is 0.104 e. The molecular formula is C19H34ClN. The van der Waals surface area contributed by atoms with Crippen molar-refractivity contribution in [3.8, 4) is 0 Å². The van der Waals surface area contributed by atoms with Crippen LogP contribution in [-0.4, -0.2) is 25.1 Å². The van der Waals surface area contributed by atoms with Crippen molar-refractivity contribution in [3.05, 3.63) is 35.8 Å². The van der Waals surface area contributed by atoms with Gasteiger partial charge in [0.1, 0.15) is 6.50 Å². The van der Waals surface area contributed by atoms with Crippen LogP contribution in [0.5, 0.6) is 0 Å². The van der Waals surface area contributed by atoms with Crippen molar-refractivity contribution >= 4 is 0 Å². The molecule has 1 aromatic carbocycles. The zero-order chi connectivity index (χ0) is 20.8. The largest absolute Gasteiger partial charge is 1.00 e. The van der Waals surface area contributed by atoms with Crippen molar-refractivity contribution in [2.75, 3.05) is 20.6 Å². The lowest BCUT2D eigenvalue weighted by Gasteiger charge is -2.30. The molecule has 0 aliphatic rings. The van der Waals surface area contributed by atoms with Crippen molar-refractivity contribution < 1.29 is 26.5 Å². The first-order valence-corrected chi connectivity index (χ1v) is 7.89. The highest BCUT2D eigenvalue weighted by Gasteiger charge is 2.14. The average molecular weight is 319 g/mol. The van der Waals surface area contributed by atoms with Gasteiger partial charge in [-0.25, -0.2) is 0 Å². The third-order valence-corrected chi connectivity index (χ3v) is 3.49. The molecule has 0 radical (unpaired) electrons. The molecule has 0 aromatic heterocycles. The van der Waals surface area contributed by atoms with Crippen LogP contribution in [-0.2, 0) is 6.50 Å². The fourth-order valence-electron chi connectivity index (χ4n) is 2.31. The van der Waals surface area contributed by atoms with Crippen molar-refractivity contribution in [2.45, 2.75) is 64.8 Å². The zero-order valence-electron chi connectivity index (χ0n) is 20.7. The Balaban J connectivity index is 0.00000729. The first-order valence-electron chi connectivity index (χ1n) is 11.4. The van der Waals surface area contributed by atoms with Gasteiger partial charge in [-0.2, -0.15) is 0 Å². The van der Waals surface area contributed by atoms with Crippen LogP contribution < -0.4 is 12.4 Å². The van der Waals surface area contributed by atoms with E-state index in [0.29, 0.717) is 6.54 Å².